The van der Waals surface area contributed by atoms with Crippen LogP contribution in [0, 0.1) is 3.57 Å². The second-order valence-corrected chi connectivity index (χ2v) is 6.30. The van der Waals surface area contributed by atoms with Crippen LogP contribution >= 0.6 is 34.2 Å². The highest BCUT2D eigenvalue weighted by atomic mass is 127. The molecule has 0 fully saturated rings. The van der Waals surface area contributed by atoms with Gasteiger partial charge in [-0.1, -0.05) is 23.7 Å². The first-order chi connectivity index (χ1) is 10.1. The fourth-order valence-electron chi connectivity index (χ4n) is 1.93. The monoisotopic (exact) mass is 415 g/mol. The third-order valence-corrected chi connectivity index (χ3v) is 4.02. The van der Waals surface area contributed by atoms with Gasteiger partial charge in [0.1, 0.15) is 5.75 Å². The molecule has 2 N–H and O–H groups in total. The third kappa shape index (κ3) is 4.89. The van der Waals surface area contributed by atoms with E-state index in [0.717, 1.165) is 22.0 Å². The van der Waals surface area contributed by atoms with Gasteiger partial charge in [0.2, 0.25) is 0 Å². The minimum atomic E-state index is -0.151. The predicted octanol–water partition coefficient (Wildman–Crippen LogP) is 4.01. The highest BCUT2D eigenvalue weighted by molar-refractivity contribution is 14.1. The first-order valence-corrected chi connectivity index (χ1v) is 8.03. The number of rotatable bonds is 5. The average Bonchev–Trinajstić information content (AvgIpc) is 2.45. The lowest BCUT2D eigenvalue weighted by atomic mass is 10.1. The van der Waals surface area contributed by atoms with Crippen LogP contribution in [0.25, 0.3) is 0 Å². The van der Waals surface area contributed by atoms with Gasteiger partial charge < -0.3 is 10.4 Å². The molecule has 2 aromatic carbocycles. The Balaban J connectivity index is 1.80. The topological polar surface area (TPSA) is 49.3 Å². The quantitative estimate of drug-likeness (QED) is 0.572. The molecule has 0 unspecified atom stereocenters. The minimum Gasteiger partial charge on any atom is -0.508 e. The van der Waals surface area contributed by atoms with Crippen LogP contribution in [-0.2, 0) is 6.42 Å². The van der Waals surface area contributed by atoms with Gasteiger partial charge in [0.15, 0.2) is 0 Å². The van der Waals surface area contributed by atoms with Crippen LogP contribution < -0.4 is 5.32 Å². The Kier molecular flexibility index (Phi) is 5.87. The first kappa shape index (κ1) is 16.1. The van der Waals surface area contributed by atoms with E-state index in [1.54, 1.807) is 24.3 Å². The number of benzene rings is 2. The molecule has 21 heavy (non-hydrogen) atoms. The molecule has 0 heterocycles. The molecule has 0 radical (unpaired) electrons. The number of carbonyl (C=O) groups is 1. The summed E-state index contributed by atoms with van der Waals surface area (Å²) in [5, 5.41) is 12.5. The van der Waals surface area contributed by atoms with E-state index in [1.807, 2.05) is 18.2 Å². The first-order valence-electron chi connectivity index (χ1n) is 6.57. The number of halogens is 2. The molecule has 2 rings (SSSR count). The Hall–Kier alpha value is -1.27. The molecular weight excluding hydrogens is 401 g/mol. The highest BCUT2D eigenvalue weighted by Crippen LogP contribution is 2.19. The summed E-state index contributed by atoms with van der Waals surface area (Å²) in [6.07, 6.45) is 1.68. The zero-order valence-electron chi connectivity index (χ0n) is 11.3. The van der Waals surface area contributed by atoms with Gasteiger partial charge in [-0.2, -0.15) is 0 Å². The van der Waals surface area contributed by atoms with E-state index in [2.05, 4.69) is 27.9 Å². The summed E-state index contributed by atoms with van der Waals surface area (Å²) in [7, 11) is 0. The lowest BCUT2D eigenvalue weighted by Crippen LogP contribution is -2.25. The Labute approximate surface area is 142 Å². The number of hydrogen-bond donors (Lipinski definition) is 2. The van der Waals surface area contributed by atoms with Gasteiger partial charge in [0.05, 0.1) is 10.6 Å². The Morgan fingerprint density at radius 2 is 1.90 bits per heavy atom. The van der Waals surface area contributed by atoms with E-state index in [4.69, 9.17) is 11.6 Å². The SMILES string of the molecule is O=C(NCCCc1ccc(O)cc1)c1ccc(I)cc1Cl. The standard InChI is InChI=1S/C16H15ClINO2/c17-15-10-12(18)5-8-14(15)16(21)19-9-1-2-11-3-6-13(20)7-4-11/h3-8,10,20H,1-2,9H2,(H,19,21). The summed E-state index contributed by atoms with van der Waals surface area (Å²) >= 11 is 8.21. The smallest absolute Gasteiger partial charge is 0.252 e. The summed E-state index contributed by atoms with van der Waals surface area (Å²) in [4.78, 5) is 12.0. The largest absolute Gasteiger partial charge is 0.508 e. The number of hydrogen-bond acceptors (Lipinski definition) is 2. The van der Waals surface area contributed by atoms with Crippen LogP contribution in [0.5, 0.6) is 5.75 Å². The second kappa shape index (κ2) is 7.66. The number of phenolic OH excluding ortho intramolecular Hbond substituents is 1. The fourth-order valence-corrected chi connectivity index (χ4v) is 2.87. The number of aryl methyl sites for hydroxylation is 1. The maximum Gasteiger partial charge on any atom is 0.252 e. The molecule has 0 saturated carbocycles. The number of aromatic hydroxyl groups is 1. The predicted molar refractivity (Wildman–Crippen MR) is 92.9 cm³/mol. The minimum absolute atomic E-state index is 0.151. The van der Waals surface area contributed by atoms with Gasteiger partial charge in [-0.3, -0.25) is 4.79 Å². The van der Waals surface area contributed by atoms with Crippen molar-refractivity contribution in [1.82, 2.24) is 5.32 Å². The molecule has 0 bridgehead atoms. The van der Waals surface area contributed by atoms with Crippen molar-refractivity contribution in [2.45, 2.75) is 12.8 Å². The molecule has 0 aromatic heterocycles. The lowest BCUT2D eigenvalue weighted by molar-refractivity contribution is 0.0953. The molecule has 1 amide bonds. The zero-order chi connectivity index (χ0) is 15.2. The molecule has 0 aliphatic carbocycles. The molecule has 3 nitrogen and oxygen atoms in total. The van der Waals surface area contributed by atoms with Crippen molar-refractivity contribution in [3.05, 3.63) is 62.2 Å². The Morgan fingerprint density at radius 1 is 1.19 bits per heavy atom. The number of carbonyl (C=O) groups excluding carboxylic acids is 1. The second-order valence-electron chi connectivity index (χ2n) is 4.65. The van der Waals surface area contributed by atoms with Crippen molar-refractivity contribution >= 4 is 40.1 Å². The normalized spacial score (nSPS) is 10.4. The molecule has 0 aliphatic heterocycles. The Morgan fingerprint density at radius 3 is 2.57 bits per heavy atom. The molecule has 110 valence electrons. The van der Waals surface area contributed by atoms with Crippen molar-refractivity contribution in [1.29, 1.82) is 0 Å². The van der Waals surface area contributed by atoms with E-state index >= 15 is 0 Å². The number of nitrogens with one attached hydrogen (secondary N) is 1. The van der Waals surface area contributed by atoms with Crippen molar-refractivity contribution in [2.24, 2.45) is 0 Å². The maximum atomic E-state index is 12.0. The van der Waals surface area contributed by atoms with E-state index in [-0.39, 0.29) is 11.7 Å². The van der Waals surface area contributed by atoms with Gasteiger partial charge in [-0.25, -0.2) is 0 Å². The fraction of sp³-hybridized carbons (Fsp3) is 0.188. The summed E-state index contributed by atoms with van der Waals surface area (Å²) < 4.78 is 1.00. The van der Waals surface area contributed by atoms with Crippen LogP contribution in [0.3, 0.4) is 0 Å². The highest BCUT2D eigenvalue weighted by Gasteiger charge is 2.09. The lowest BCUT2D eigenvalue weighted by Gasteiger charge is -2.07. The van der Waals surface area contributed by atoms with Crippen molar-refractivity contribution in [3.63, 3.8) is 0 Å². The van der Waals surface area contributed by atoms with Crippen LogP contribution in [0.15, 0.2) is 42.5 Å². The van der Waals surface area contributed by atoms with Crippen molar-refractivity contribution in [2.75, 3.05) is 6.54 Å². The van der Waals surface area contributed by atoms with Gasteiger partial charge in [0, 0.05) is 10.1 Å². The molecule has 2 aromatic rings. The van der Waals surface area contributed by atoms with E-state index < -0.39 is 0 Å². The summed E-state index contributed by atoms with van der Waals surface area (Å²) in [6.45, 7) is 0.585. The van der Waals surface area contributed by atoms with Crippen LogP contribution in [0.2, 0.25) is 5.02 Å². The van der Waals surface area contributed by atoms with Crippen LogP contribution in [0.4, 0.5) is 0 Å². The number of phenols is 1. The summed E-state index contributed by atoms with van der Waals surface area (Å²) in [6, 6.07) is 12.5. The molecular formula is C16H15ClINO2. The van der Waals surface area contributed by atoms with Gasteiger partial charge in [0.25, 0.3) is 5.91 Å². The van der Waals surface area contributed by atoms with Gasteiger partial charge in [-0.15, -0.1) is 0 Å². The van der Waals surface area contributed by atoms with Gasteiger partial charge >= 0.3 is 0 Å². The van der Waals surface area contributed by atoms with Crippen LogP contribution in [-0.4, -0.2) is 17.6 Å². The van der Waals surface area contributed by atoms with Gasteiger partial charge in [-0.05, 0) is 71.3 Å². The zero-order valence-corrected chi connectivity index (χ0v) is 14.2. The molecule has 0 spiro atoms. The van der Waals surface area contributed by atoms with E-state index in [0.29, 0.717) is 17.1 Å². The summed E-state index contributed by atoms with van der Waals surface area (Å²) in [5.74, 6) is 0.113. The average molecular weight is 416 g/mol. The maximum absolute atomic E-state index is 12.0. The third-order valence-electron chi connectivity index (χ3n) is 3.04. The van der Waals surface area contributed by atoms with Crippen molar-refractivity contribution < 1.29 is 9.90 Å². The number of amides is 1. The van der Waals surface area contributed by atoms with E-state index in [9.17, 15) is 9.90 Å². The van der Waals surface area contributed by atoms with Crippen molar-refractivity contribution in [3.8, 4) is 5.75 Å². The Bertz CT molecular complexity index is 629. The van der Waals surface area contributed by atoms with Crippen LogP contribution in [0.1, 0.15) is 22.3 Å². The summed E-state index contributed by atoms with van der Waals surface area (Å²) in [5.41, 5.74) is 1.64. The molecule has 5 heteroatoms. The molecule has 0 saturated heterocycles. The molecule has 0 aliphatic rings. The molecule has 0 atom stereocenters. The van der Waals surface area contributed by atoms with E-state index in [1.165, 1.54) is 0 Å².